The molecule has 2 fully saturated rings. The van der Waals surface area contributed by atoms with Gasteiger partial charge >= 0.3 is 41.6 Å². The van der Waals surface area contributed by atoms with Crippen molar-refractivity contribution in [3.05, 3.63) is 11.3 Å². The molecule has 3 atom stereocenters. The van der Waals surface area contributed by atoms with E-state index in [-0.39, 0.29) is 59.7 Å². The minimum atomic E-state index is -1.26. The van der Waals surface area contributed by atoms with Crippen LogP contribution in [0.4, 0.5) is 4.79 Å². The van der Waals surface area contributed by atoms with Crippen molar-refractivity contribution < 1.29 is 29.0 Å². The molecule has 0 aliphatic carbocycles. The number of ether oxygens (including phenoxy) is 1. The molecule has 3 aliphatic rings. The number of likely N-dealkylation sites (tertiary alicyclic amines) is 1. The number of aliphatic carboxylic acids is 1. The molecular weight excluding hydrogens is 317 g/mol. The van der Waals surface area contributed by atoms with Crippen LogP contribution in [0.3, 0.4) is 0 Å². The van der Waals surface area contributed by atoms with Gasteiger partial charge in [0.15, 0.2) is 0 Å². The topological polar surface area (TPSA) is 130 Å². The summed E-state index contributed by atoms with van der Waals surface area (Å²) in [6.07, 6.45) is -0.659. The molecule has 9 nitrogen and oxygen atoms in total. The van der Waals surface area contributed by atoms with E-state index < -0.39 is 24.0 Å². The number of amides is 3. The maximum atomic E-state index is 12.3. The van der Waals surface area contributed by atoms with Crippen molar-refractivity contribution in [1.29, 1.82) is 0 Å². The molecule has 0 aromatic heterocycles. The molecule has 2 saturated heterocycles. The van der Waals surface area contributed by atoms with Crippen molar-refractivity contribution in [3.63, 3.8) is 0 Å². The Kier molecular flexibility index (Phi) is 4.74. The van der Waals surface area contributed by atoms with Crippen LogP contribution in [-0.2, 0) is 19.1 Å². The van der Waals surface area contributed by atoms with E-state index in [2.05, 4.69) is 4.74 Å². The Bertz CT molecular complexity index is 633. The van der Waals surface area contributed by atoms with Crippen molar-refractivity contribution in [2.24, 2.45) is 11.7 Å². The standard InChI is InChI=1S/C13H15N3O6.Na.H/c1-5(17)15-3-6-2-7(4-22-13(14)21)9(12(19)20)16-8(6)10(15)11(16)18;;/h6,8,10H,2-4H2,1H3,(H2,14,21)(H,19,20);;/t6-,8-,10+;;/m1../s1. The number of carbonyl (C=O) groups is 4. The molecule has 3 aliphatic heterocycles. The number of hydrogen-bond donors (Lipinski definition) is 2. The van der Waals surface area contributed by atoms with Gasteiger partial charge in [-0.05, 0) is 12.0 Å². The Labute approximate surface area is 153 Å². The van der Waals surface area contributed by atoms with Crippen molar-refractivity contribution in [2.45, 2.75) is 25.4 Å². The number of carboxylic acid groups (broad SMARTS) is 1. The van der Waals surface area contributed by atoms with E-state index in [1.165, 1.54) is 16.7 Å². The van der Waals surface area contributed by atoms with Crippen molar-refractivity contribution in [3.8, 4) is 0 Å². The van der Waals surface area contributed by atoms with Crippen LogP contribution in [0.5, 0.6) is 0 Å². The molecule has 3 N–H and O–H groups in total. The number of carbonyl (C=O) groups excluding carboxylic acids is 3. The zero-order valence-electron chi connectivity index (χ0n) is 11.8. The molecule has 120 valence electrons. The molecular formula is C13H16N3NaO6. The Morgan fingerprint density at radius 3 is 2.57 bits per heavy atom. The van der Waals surface area contributed by atoms with E-state index in [1.807, 2.05) is 0 Å². The van der Waals surface area contributed by atoms with Gasteiger partial charge in [0.25, 0.3) is 5.91 Å². The Balaban J connectivity index is 0.00000192. The van der Waals surface area contributed by atoms with Gasteiger partial charge < -0.3 is 20.5 Å². The number of nitrogens with two attached hydrogens (primary N) is 1. The summed E-state index contributed by atoms with van der Waals surface area (Å²) in [5.41, 5.74) is 5.09. The molecule has 0 bridgehead atoms. The predicted octanol–water partition coefficient (Wildman–Crippen LogP) is -1.77. The second-order valence-electron chi connectivity index (χ2n) is 5.64. The predicted molar refractivity (Wildman–Crippen MR) is 77.3 cm³/mol. The second kappa shape index (κ2) is 6.14. The summed E-state index contributed by atoms with van der Waals surface area (Å²) in [7, 11) is 0. The first-order valence-corrected chi connectivity index (χ1v) is 6.80. The summed E-state index contributed by atoms with van der Waals surface area (Å²) < 4.78 is 4.68. The third kappa shape index (κ3) is 2.62. The van der Waals surface area contributed by atoms with Gasteiger partial charge in [-0.2, -0.15) is 0 Å². The summed E-state index contributed by atoms with van der Waals surface area (Å²) in [5, 5.41) is 9.38. The molecule has 0 aromatic rings. The van der Waals surface area contributed by atoms with Gasteiger partial charge in [-0.25, -0.2) is 9.59 Å². The van der Waals surface area contributed by atoms with Gasteiger partial charge in [0, 0.05) is 19.4 Å². The first-order chi connectivity index (χ1) is 10.3. The van der Waals surface area contributed by atoms with E-state index in [0.29, 0.717) is 18.5 Å². The average molecular weight is 333 g/mol. The SMILES string of the molecule is CC(=O)N1C[C@H]2CC(COC(N)=O)=C(C(=O)O)N3C(=O)[C@@H]1[C@@H]23.[NaH]. The van der Waals surface area contributed by atoms with Crippen LogP contribution in [0, 0.1) is 5.92 Å². The van der Waals surface area contributed by atoms with E-state index >= 15 is 0 Å². The summed E-state index contributed by atoms with van der Waals surface area (Å²) in [4.78, 5) is 48.8. The number of rotatable bonds is 3. The summed E-state index contributed by atoms with van der Waals surface area (Å²) >= 11 is 0. The van der Waals surface area contributed by atoms with Crippen LogP contribution in [0.1, 0.15) is 13.3 Å². The first kappa shape index (κ1) is 17.8. The fourth-order valence-corrected chi connectivity index (χ4v) is 3.65. The fraction of sp³-hybridized carbons (Fsp3) is 0.538. The van der Waals surface area contributed by atoms with Gasteiger partial charge in [0.2, 0.25) is 5.91 Å². The number of nitrogens with zero attached hydrogens (tertiary/aromatic N) is 2. The van der Waals surface area contributed by atoms with Crippen LogP contribution in [0.15, 0.2) is 11.3 Å². The number of β-lactam (4-membered cyclic amide) rings is 1. The van der Waals surface area contributed by atoms with Crippen LogP contribution in [0.2, 0.25) is 0 Å². The molecule has 0 unspecified atom stereocenters. The van der Waals surface area contributed by atoms with Gasteiger partial charge in [0.1, 0.15) is 18.3 Å². The zero-order valence-corrected chi connectivity index (χ0v) is 11.8. The van der Waals surface area contributed by atoms with Crippen molar-refractivity contribution in [1.82, 2.24) is 9.80 Å². The molecule has 0 radical (unpaired) electrons. The number of hydrogen-bond acceptors (Lipinski definition) is 5. The second-order valence-corrected chi connectivity index (χ2v) is 5.64. The van der Waals surface area contributed by atoms with Crippen LogP contribution in [0.25, 0.3) is 0 Å². The molecule has 3 amide bonds. The monoisotopic (exact) mass is 333 g/mol. The molecule has 0 aromatic carbocycles. The van der Waals surface area contributed by atoms with Crippen molar-refractivity contribution >= 4 is 53.4 Å². The Morgan fingerprint density at radius 2 is 2.04 bits per heavy atom. The summed E-state index contributed by atoms with van der Waals surface area (Å²) in [6, 6.07) is -0.879. The normalized spacial score (nSPS) is 27.9. The van der Waals surface area contributed by atoms with Crippen molar-refractivity contribution in [2.75, 3.05) is 13.2 Å². The van der Waals surface area contributed by atoms with Gasteiger partial charge in [-0.3, -0.25) is 14.5 Å². The molecule has 23 heavy (non-hydrogen) atoms. The quantitative estimate of drug-likeness (QED) is 0.464. The molecule has 3 heterocycles. The van der Waals surface area contributed by atoms with Gasteiger partial charge in [0.05, 0.1) is 6.04 Å². The number of primary amides is 1. The zero-order chi connectivity index (χ0) is 16.2. The third-order valence-electron chi connectivity index (χ3n) is 4.44. The molecule has 0 saturated carbocycles. The molecule has 10 heteroatoms. The van der Waals surface area contributed by atoms with E-state index in [4.69, 9.17) is 5.73 Å². The van der Waals surface area contributed by atoms with Crippen LogP contribution < -0.4 is 5.73 Å². The number of carboxylic acids is 1. The summed E-state index contributed by atoms with van der Waals surface area (Å²) in [6.45, 7) is 1.50. The minimum absolute atomic E-state index is 0. The Morgan fingerprint density at radius 1 is 1.39 bits per heavy atom. The van der Waals surface area contributed by atoms with Crippen LogP contribution >= 0.6 is 0 Å². The molecule has 0 spiro atoms. The Hall–Kier alpha value is -1.58. The van der Waals surface area contributed by atoms with E-state index in [1.54, 1.807) is 0 Å². The molecule has 3 rings (SSSR count). The average Bonchev–Trinajstić information content (AvgIpc) is 2.79. The first-order valence-electron chi connectivity index (χ1n) is 6.80. The van der Waals surface area contributed by atoms with Gasteiger partial charge in [-0.15, -0.1) is 0 Å². The fourth-order valence-electron chi connectivity index (χ4n) is 3.65. The van der Waals surface area contributed by atoms with Gasteiger partial charge in [-0.1, -0.05) is 0 Å². The summed E-state index contributed by atoms with van der Waals surface area (Å²) in [5.74, 6) is -1.92. The van der Waals surface area contributed by atoms with E-state index in [9.17, 15) is 24.3 Å². The van der Waals surface area contributed by atoms with Crippen LogP contribution in [-0.4, -0.2) is 93.6 Å². The maximum absolute atomic E-state index is 12.3. The van der Waals surface area contributed by atoms with E-state index in [0.717, 1.165) is 0 Å². The third-order valence-corrected chi connectivity index (χ3v) is 4.44.